The van der Waals surface area contributed by atoms with Crippen LogP contribution in [0.2, 0.25) is 0 Å². The molecule has 2 aliphatic heterocycles. The molecular weight excluding hydrogens is 381 g/mol. The molecule has 3 rings (SSSR count). The molecule has 0 saturated carbocycles. The highest BCUT2D eigenvalue weighted by atomic mass is 19.1. The number of hydrogen-bond acceptors (Lipinski definition) is 4. The smallest absolute Gasteiger partial charge is 0.236 e. The molecule has 1 aromatic rings. The van der Waals surface area contributed by atoms with Crippen LogP contribution >= 0.6 is 0 Å². The summed E-state index contributed by atoms with van der Waals surface area (Å²) in [5.41, 5.74) is 0.570. The monoisotopic (exact) mass is 419 g/mol. The van der Waals surface area contributed by atoms with Gasteiger partial charge in [-0.25, -0.2) is 4.39 Å². The fraction of sp³-hybridized carbons (Fsp3) is 0.708. The lowest BCUT2D eigenvalue weighted by Gasteiger charge is -2.39. The minimum Gasteiger partial charge on any atom is -0.370 e. The molecule has 2 saturated heterocycles. The van der Waals surface area contributed by atoms with Gasteiger partial charge in [-0.3, -0.25) is 9.69 Å². The first kappa shape index (κ1) is 23.2. The molecule has 2 aliphatic rings. The molecule has 1 aromatic carbocycles. The van der Waals surface area contributed by atoms with Gasteiger partial charge in [0, 0.05) is 37.3 Å². The van der Waals surface area contributed by atoms with Gasteiger partial charge in [0.15, 0.2) is 0 Å². The maximum absolute atomic E-state index is 14.0. The van der Waals surface area contributed by atoms with Gasteiger partial charge in [0.1, 0.15) is 5.82 Å². The lowest BCUT2D eigenvalue weighted by atomic mass is 10.0. The first-order valence-corrected chi connectivity index (χ1v) is 11.4. The summed E-state index contributed by atoms with van der Waals surface area (Å²) >= 11 is 0. The third-order valence-corrected chi connectivity index (χ3v) is 6.32. The predicted molar refractivity (Wildman–Crippen MR) is 118 cm³/mol. The molecule has 0 bridgehead atoms. The fourth-order valence-corrected chi connectivity index (χ4v) is 4.60. The van der Waals surface area contributed by atoms with Crippen LogP contribution in [0.3, 0.4) is 0 Å². The Morgan fingerprint density at radius 1 is 1.10 bits per heavy atom. The van der Waals surface area contributed by atoms with Gasteiger partial charge in [-0.1, -0.05) is 32.0 Å². The second-order valence-electron chi connectivity index (χ2n) is 9.51. The molecule has 0 radical (unpaired) electrons. The second kappa shape index (κ2) is 10.7. The minimum absolute atomic E-state index is 0.113. The van der Waals surface area contributed by atoms with Crippen molar-refractivity contribution in [2.75, 3.05) is 39.3 Å². The highest BCUT2D eigenvalue weighted by Gasteiger charge is 2.34. The van der Waals surface area contributed by atoms with E-state index in [1.807, 2.05) is 11.0 Å². The molecule has 0 aliphatic carbocycles. The number of amides is 1. The van der Waals surface area contributed by atoms with Crippen LogP contribution in [0.4, 0.5) is 4.39 Å². The van der Waals surface area contributed by atoms with E-state index in [2.05, 4.69) is 37.5 Å². The van der Waals surface area contributed by atoms with Crippen molar-refractivity contribution < 1.29 is 13.9 Å². The highest BCUT2D eigenvalue weighted by Crippen LogP contribution is 2.22. The Bertz CT molecular complexity index is 689. The van der Waals surface area contributed by atoms with Gasteiger partial charge in [-0.2, -0.15) is 0 Å². The third-order valence-electron chi connectivity index (χ3n) is 6.32. The number of nitrogens with zero attached hydrogens (tertiary/aromatic N) is 3. The van der Waals surface area contributed by atoms with E-state index in [9.17, 15) is 9.18 Å². The normalized spacial score (nSPS) is 22.8. The molecule has 5 nitrogen and oxygen atoms in total. The molecule has 2 heterocycles. The lowest BCUT2D eigenvalue weighted by Crippen LogP contribution is -2.49. The Labute approximate surface area is 181 Å². The van der Waals surface area contributed by atoms with Crippen LogP contribution in [0.1, 0.15) is 46.1 Å². The highest BCUT2D eigenvalue weighted by molar-refractivity contribution is 5.78. The van der Waals surface area contributed by atoms with E-state index in [4.69, 9.17) is 4.74 Å². The first-order valence-electron chi connectivity index (χ1n) is 11.4. The van der Waals surface area contributed by atoms with Crippen LogP contribution in [-0.2, 0) is 16.1 Å². The molecule has 6 heteroatoms. The van der Waals surface area contributed by atoms with E-state index < -0.39 is 0 Å². The summed E-state index contributed by atoms with van der Waals surface area (Å²) in [6.07, 6.45) is 2.05. The third kappa shape index (κ3) is 6.25. The van der Waals surface area contributed by atoms with Crippen molar-refractivity contribution in [3.8, 4) is 0 Å². The van der Waals surface area contributed by atoms with E-state index in [0.717, 1.165) is 39.0 Å². The molecule has 30 heavy (non-hydrogen) atoms. The van der Waals surface area contributed by atoms with E-state index in [0.29, 0.717) is 36.7 Å². The van der Waals surface area contributed by atoms with Crippen LogP contribution in [0.15, 0.2) is 24.3 Å². The average Bonchev–Trinajstić information content (AvgIpc) is 2.86. The Hall–Kier alpha value is -1.50. The van der Waals surface area contributed by atoms with Crippen molar-refractivity contribution in [2.45, 2.75) is 65.3 Å². The second-order valence-corrected chi connectivity index (χ2v) is 9.51. The molecule has 2 fully saturated rings. The minimum atomic E-state index is -0.237. The Kier molecular flexibility index (Phi) is 8.26. The summed E-state index contributed by atoms with van der Waals surface area (Å²) in [7, 11) is 0. The van der Waals surface area contributed by atoms with Crippen LogP contribution in [-0.4, -0.2) is 78.1 Å². The van der Waals surface area contributed by atoms with Crippen molar-refractivity contribution in [1.82, 2.24) is 14.7 Å². The van der Waals surface area contributed by atoms with E-state index in [1.165, 1.54) is 6.07 Å². The number of benzene rings is 1. The number of carbonyl (C=O) groups is 1. The van der Waals surface area contributed by atoms with Gasteiger partial charge in [-0.05, 0) is 51.8 Å². The van der Waals surface area contributed by atoms with Crippen molar-refractivity contribution in [1.29, 1.82) is 0 Å². The summed E-state index contributed by atoms with van der Waals surface area (Å²) in [6.45, 7) is 13.6. The molecule has 0 N–H and O–H groups in total. The number of carbonyl (C=O) groups excluding carboxylic acids is 1. The van der Waals surface area contributed by atoms with Crippen LogP contribution in [0.25, 0.3) is 0 Å². The van der Waals surface area contributed by atoms with Crippen molar-refractivity contribution in [3.63, 3.8) is 0 Å². The van der Waals surface area contributed by atoms with Gasteiger partial charge in [0.05, 0.1) is 19.3 Å². The maximum atomic E-state index is 14.0. The van der Waals surface area contributed by atoms with E-state index in [1.54, 1.807) is 12.1 Å². The van der Waals surface area contributed by atoms with Crippen molar-refractivity contribution >= 4 is 5.91 Å². The zero-order valence-electron chi connectivity index (χ0n) is 19.0. The number of rotatable bonds is 7. The van der Waals surface area contributed by atoms with Crippen LogP contribution < -0.4 is 0 Å². The molecule has 0 aromatic heterocycles. The zero-order valence-corrected chi connectivity index (χ0v) is 19.0. The number of hydrogen-bond donors (Lipinski definition) is 0. The van der Waals surface area contributed by atoms with Crippen LogP contribution in [0, 0.1) is 11.7 Å². The molecule has 1 atom stereocenters. The van der Waals surface area contributed by atoms with Gasteiger partial charge in [-0.15, -0.1) is 0 Å². The topological polar surface area (TPSA) is 36.0 Å². The Balaban J connectivity index is 1.68. The number of ether oxygens (including phenoxy) is 1. The largest absolute Gasteiger partial charge is 0.370 e. The zero-order chi connectivity index (χ0) is 21.7. The molecular formula is C24H38FN3O2. The lowest BCUT2D eigenvalue weighted by molar-refractivity contribution is -0.132. The van der Waals surface area contributed by atoms with Gasteiger partial charge in [0.25, 0.3) is 0 Å². The summed E-state index contributed by atoms with van der Waals surface area (Å²) < 4.78 is 20.2. The first-order chi connectivity index (χ1) is 14.3. The summed E-state index contributed by atoms with van der Waals surface area (Å²) in [5.74, 6) is 0.355. The summed E-state index contributed by atoms with van der Waals surface area (Å²) in [6, 6.07) is 7.73. The molecule has 1 amide bonds. The van der Waals surface area contributed by atoms with E-state index >= 15 is 0 Å². The van der Waals surface area contributed by atoms with Gasteiger partial charge >= 0.3 is 0 Å². The van der Waals surface area contributed by atoms with Crippen molar-refractivity contribution in [3.05, 3.63) is 35.6 Å². The fourth-order valence-electron chi connectivity index (χ4n) is 4.60. The summed E-state index contributed by atoms with van der Waals surface area (Å²) in [5, 5.41) is 0. The van der Waals surface area contributed by atoms with E-state index in [-0.39, 0.29) is 24.4 Å². The summed E-state index contributed by atoms with van der Waals surface area (Å²) in [4.78, 5) is 19.8. The Morgan fingerprint density at radius 2 is 1.80 bits per heavy atom. The van der Waals surface area contributed by atoms with Gasteiger partial charge in [0.2, 0.25) is 5.91 Å². The predicted octanol–water partition coefficient (Wildman–Crippen LogP) is 3.38. The number of piperidine rings is 1. The molecule has 0 spiro atoms. The number of halogens is 1. The standard InChI is InChI=1S/C24H38FN3O2/c1-18(2)13-28-15-22(30-17-20-7-5-6-8-23(20)25)14-27(16-24(28)29)21-9-11-26(12-10-21)19(3)4/h5-8,18-19,21-22H,9-17H2,1-4H3. The van der Waals surface area contributed by atoms with Crippen LogP contribution in [0.5, 0.6) is 0 Å². The Morgan fingerprint density at radius 3 is 2.43 bits per heavy atom. The number of likely N-dealkylation sites (tertiary alicyclic amines) is 1. The SMILES string of the molecule is CC(C)CN1CC(OCc2ccccc2F)CN(C2CCN(C(C)C)CC2)CC1=O. The van der Waals surface area contributed by atoms with Crippen molar-refractivity contribution in [2.24, 2.45) is 5.92 Å². The molecule has 1 unspecified atom stereocenters. The van der Waals surface area contributed by atoms with Gasteiger partial charge < -0.3 is 14.5 Å². The quantitative estimate of drug-likeness (QED) is 0.679. The average molecular weight is 420 g/mol. The molecule has 168 valence electrons. The maximum Gasteiger partial charge on any atom is 0.236 e.